The maximum Gasteiger partial charge on any atom is 0.318 e. The van der Waals surface area contributed by atoms with Crippen molar-refractivity contribution in [3.63, 3.8) is 0 Å². The minimum atomic E-state index is -0.292. The summed E-state index contributed by atoms with van der Waals surface area (Å²) >= 11 is 2.75. The Morgan fingerprint density at radius 2 is 2.25 bits per heavy atom. The number of thioether (sulfide) groups is 1. The summed E-state index contributed by atoms with van der Waals surface area (Å²) in [6.07, 6.45) is 0. The first-order valence-electron chi connectivity index (χ1n) is 6.00. The van der Waals surface area contributed by atoms with Gasteiger partial charge in [0.2, 0.25) is 5.13 Å². The van der Waals surface area contributed by atoms with E-state index in [1.165, 1.54) is 35.8 Å². The third-order valence-corrected chi connectivity index (χ3v) is 4.49. The molecule has 5 nitrogen and oxygen atoms in total. The summed E-state index contributed by atoms with van der Waals surface area (Å²) in [7, 11) is 1.38. The minimum absolute atomic E-state index is 0.265. The Morgan fingerprint density at radius 3 is 2.95 bits per heavy atom. The summed E-state index contributed by atoms with van der Waals surface area (Å²) in [4.78, 5) is 11.3. The summed E-state index contributed by atoms with van der Waals surface area (Å²) in [6.45, 7) is 3.82. The second kappa shape index (κ2) is 6.71. The number of rotatable bonds is 5. The van der Waals surface area contributed by atoms with Gasteiger partial charge >= 0.3 is 5.97 Å². The smallest absolute Gasteiger partial charge is 0.318 e. The van der Waals surface area contributed by atoms with Crippen LogP contribution in [0, 0.1) is 6.92 Å². The molecule has 0 saturated heterocycles. The van der Waals surface area contributed by atoms with Crippen molar-refractivity contribution in [2.24, 2.45) is 0 Å². The van der Waals surface area contributed by atoms with Gasteiger partial charge in [0.25, 0.3) is 0 Å². The maximum absolute atomic E-state index is 11.3. The van der Waals surface area contributed by atoms with E-state index in [1.807, 2.05) is 31.2 Å². The van der Waals surface area contributed by atoms with Crippen LogP contribution in [0.3, 0.4) is 0 Å². The number of nitrogens with zero attached hydrogens (tertiary/aromatic N) is 2. The fourth-order valence-corrected chi connectivity index (χ4v) is 3.46. The largest absolute Gasteiger partial charge is 0.468 e. The van der Waals surface area contributed by atoms with E-state index < -0.39 is 0 Å². The Bertz CT molecular complexity index is 601. The molecule has 106 valence electrons. The first-order chi connectivity index (χ1) is 9.58. The van der Waals surface area contributed by atoms with Gasteiger partial charge in [0.15, 0.2) is 4.34 Å². The lowest BCUT2D eigenvalue weighted by Gasteiger charge is -2.04. The number of aromatic nitrogens is 2. The fraction of sp³-hybridized carbons (Fsp3) is 0.308. The van der Waals surface area contributed by atoms with Crippen LogP contribution in [0.15, 0.2) is 28.6 Å². The van der Waals surface area contributed by atoms with Crippen molar-refractivity contribution in [1.82, 2.24) is 10.2 Å². The van der Waals surface area contributed by atoms with Crippen LogP contribution in [0.4, 0.5) is 10.8 Å². The predicted molar refractivity (Wildman–Crippen MR) is 81.7 cm³/mol. The van der Waals surface area contributed by atoms with Crippen LogP contribution in [0.25, 0.3) is 0 Å². The average molecular weight is 309 g/mol. The van der Waals surface area contributed by atoms with Crippen LogP contribution in [0.5, 0.6) is 0 Å². The molecule has 1 heterocycles. The van der Waals surface area contributed by atoms with E-state index in [0.717, 1.165) is 10.0 Å². The highest BCUT2D eigenvalue weighted by Crippen LogP contribution is 2.30. The Balaban J connectivity index is 2.00. The zero-order chi connectivity index (χ0) is 14.5. The molecule has 0 aliphatic heterocycles. The lowest BCUT2D eigenvalue weighted by Crippen LogP contribution is -2.14. The number of anilines is 2. The number of nitrogens with one attached hydrogen (secondary N) is 1. The van der Waals surface area contributed by atoms with Crippen molar-refractivity contribution >= 4 is 39.9 Å². The predicted octanol–water partition coefficient (Wildman–Crippen LogP) is 3.24. The van der Waals surface area contributed by atoms with Crippen LogP contribution >= 0.6 is 23.1 Å². The molecule has 0 aliphatic carbocycles. The molecule has 0 saturated carbocycles. The number of benzene rings is 1. The van der Waals surface area contributed by atoms with E-state index in [2.05, 4.69) is 20.3 Å². The molecule has 0 unspecified atom stereocenters. The summed E-state index contributed by atoms with van der Waals surface area (Å²) in [6, 6.07) is 8.02. The zero-order valence-corrected chi connectivity index (χ0v) is 13.0. The summed E-state index contributed by atoms with van der Waals surface area (Å²) in [5, 5.41) is 11.7. The number of carbonyl (C=O) groups is 1. The summed E-state index contributed by atoms with van der Waals surface area (Å²) in [5.41, 5.74) is 2.15. The second-order valence-corrected chi connectivity index (χ2v) is 6.72. The highest BCUT2D eigenvalue weighted by Gasteiger charge is 2.17. The Kier molecular flexibility index (Phi) is 4.97. The zero-order valence-electron chi connectivity index (χ0n) is 11.4. The topological polar surface area (TPSA) is 64.1 Å². The standard InChI is InChI=1S/C13H15N3O2S2/c1-8-5-4-6-10(7-8)14-12-15-16-13(20-12)19-9(2)11(17)18-3/h4-7,9H,1-3H3,(H,14,15)/t9-/m1/s1. The van der Waals surface area contributed by atoms with Crippen molar-refractivity contribution in [3.05, 3.63) is 29.8 Å². The van der Waals surface area contributed by atoms with E-state index in [4.69, 9.17) is 0 Å². The van der Waals surface area contributed by atoms with E-state index in [-0.39, 0.29) is 11.2 Å². The fourth-order valence-electron chi connectivity index (χ4n) is 1.52. The van der Waals surface area contributed by atoms with Gasteiger partial charge < -0.3 is 10.1 Å². The van der Waals surface area contributed by atoms with Crippen LogP contribution in [0.2, 0.25) is 0 Å². The van der Waals surface area contributed by atoms with Gasteiger partial charge in [-0.3, -0.25) is 4.79 Å². The molecule has 7 heteroatoms. The number of ether oxygens (including phenoxy) is 1. The van der Waals surface area contributed by atoms with Crippen molar-refractivity contribution in [2.45, 2.75) is 23.4 Å². The number of methoxy groups -OCH3 is 1. The highest BCUT2D eigenvalue weighted by molar-refractivity contribution is 8.02. The highest BCUT2D eigenvalue weighted by atomic mass is 32.2. The first-order valence-corrected chi connectivity index (χ1v) is 7.70. The summed E-state index contributed by atoms with van der Waals surface area (Å²) in [5.74, 6) is -0.265. The van der Waals surface area contributed by atoms with Gasteiger partial charge in [-0.05, 0) is 31.5 Å². The molecule has 0 aliphatic rings. The number of hydrogen-bond acceptors (Lipinski definition) is 7. The van der Waals surface area contributed by atoms with E-state index >= 15 is 0 Å². The number of hydrogen-bond donors (Lipinski definition) is 1. The van der Waals surface area contributed by atoms with Crippen molar-refractivity contribution in [3.8, 4) is 0 Å². The molecular formula is C13H15N3O2S2. The van der Waals surface area contributed by atoms with Crippen molar-refractivity contribution < 1.29 is 9.53 Å². The quantitative estimate of drug-likeness (QED) is 0.675. The molecule has 1 aromatic carbocycles. The molecule has 1 atom stereocenters. The van der Waals surface area contributed by atoms with E-state index in [1.54, 1.807) is 6.92 Å². The van der Waals surface area contributed by atoms with Gasteiger partial charge in [0, 0.05) is 5.69 Å². The second-order valence-electron chi connectivity index (χ2n) is 4.15. The molecule has 20 heavy (non-hydrogen) atoms. The van der Waals surface area contributed by atoms with Crippen LogP contribution < -0.4 is 5.32 Å². The van der Waals surface area contributed by atoms with Gasteiger partial charge in [-0.1, -0.05) is 35.2 Å². The van der Waals surface area contributed by atoms with Gasteiger partial charge in [0.05, 0.1) is 7.11 Å². The van der Waals surface area contributed by atoms with Crippen LogP contribution in [-0.2, 0) is 9.53 Å². The molecule has 2 rings (SSSR count). The number of aryl methyl sites for hydroxylation is 1. The molecule has 2 aromatic rings. The lowest BCUT2D eigenvalue weighted by molar-refractivity contribution is -0.139. The molecule has 1 N–H and O–H groups in total. The van der Waals surface area contributed by atoms with Gasteiger partial charge in [0.1, 0.15) is 5.25 Å². The Labute approximate surface area is 125 Å². The third-order valence-electron chi connectivity index (χ3n) is 2.49. The Morgan fingerprint density at radius 1 is 1.45 bits per heavy atom. The van der Waals surface area contributed by atoms with Crippen molar-refractivity contribution in [2.75, 3.05) is 12.4 Å². The normalized spacial score (nSPS) is 11.9. The molecule has 0 fully saturated rings. The number of esters is 1. The minimum Gasteiger partial charge on any atom is -0.468 e. The van der Waals surface area contributed by atoms with Gasteiger partial charge in [-0.2, -0.15) is 0 Å². The molecule has 0 radical (unpaired) electrons. The third kappa shape index (κ3) is 3.94. The molecule has 0 spiro atoms. The van der Waals surface area contributed by atoms with Crippen molar-refractivity contribution in [1.29, 1.82) is 0 Å². The van der Waals surface area contributed by atoms with Gasteiger partial charge in [-0.25, -0.2) is 0 Å². The maximum atomic E-state index is 11.3. The summed E-state index contributed by atoms with van der Waals surface area (Å²) < 4.78 is 5.42. The van der Waals surface area contributed by atoms with E-state index in [9.17, 15) is 4.79 Å². The molecule has 1 aromatic heterocycles. The monoisotopic (exact) mass is 309 g/mol. The van der Waals surface area contributed by atoms with Gasteiger partial charge in [-0.15, -0.1) is 10.2 Å². The molecule has 0 bridgehead atoms. The lowest BCUT2D eigenvalue weighted by atomic mass is 10.2. The number of carbonyl (C=O) groups excluding carboxylic acids is 1. The first kappa shape index (κ1) is 14.8. The van der Waals surface area contributed by atoms with E-state index in [0.29, 0.717) is 5.13 Å². The SMILES string of the molecule is COC(=O)[C@@H](C)Sc1nnc(Nc2cccc(C)c2)s1. The molecular weight excluding hydrogens is 294 g/mol. The van der Waals surface area contributed by atoms with Crippen LogP contribution in [-0.4, -0.2) is 28.5 Å². The Hall–Kier alpha value is -1.60. The average Bonchev–Trinajstić information content (AvgIpc) is 2.85. The van der Waals surface area contributed by atoms with Crippen LogP contribution in [0.1, 0.15) is 12.5 Å². The molecule has 0 amide bonds.